The van der Waals surface area contributed by atoms with Crippen LogP contribution in [-0.2, 0) is 99.9 Å². The molecule has 29 heteroatoms. The molecule has 3 saturated heterocycles. The number of fused-ring (bicyclic) bond motifs is 6. The minimum Gasteiger partial charge on any atom is -0.460 e. The van der Waals surface area contributed by atoms with Gasteiger partial charge in [0.2, 0.25) is 17.6 Å². The number of likely N-dealkylation sites (N-methyl/N-ethyl adjacent to an activating group) is 1. The van der Waals surface area contributed by atoms with E-state index in [2.05, 4.69) is 73.3 Å². The van der Waals surface area contributed by atoms with Crippen LogP contribution in [0.4, 0.5) is 11.4 Å². The number of nitrogens with zero attached hydrogens (tertiary/aromatic N) is 5. The summed E-state index contributed by atoms with van der Waals surface area (Å²) in [5.41, 5.74) is 10.5. The van der Waals surface area contributed by atoms with Gasteiger partial charge in [-0.05, 0) is 168 Å². The number of esters is 2. The van der Waals surface area contributed by atoms with Crippen LogP contribution in [0.2, 0.25) is 0 Å². The van der Waals surface area contributed by atoms with Crippen molar-refractivity contribution in [3.05, 3.63) is 137 Å². The molecule has 1 aromatic heterocycles. The highest BCUT2D eigenvalue weighted by atomic mass is 16.6. The number of aryl methyl sites for hydroxylation is 2. The minimum absolute atomic E-state index is 0.00497. The number of pyridine rings is 1. The van der Waals surface area contributed by atoms with Gasteiger partial charge in [-0.15, -0.1) is 0 Å². The number of piperidine rings is 1. The summed E-state index contributed by atoms with van der Waals surface area (Å²) in [6.07, 6.45) is 12.6. The summed E-state index contributed by atoms with van der Waals surface area (Å²) in [6.45, 7) is 25.9. The molecule has 2 bridgehead atoms. The molecule has 3 aromatic carbocycles. The predicted molar refractivity (Wildman–Crippen MR) is 498 cm³/mol. The third-order valence-corrected chi connectivity index (χ3v) is 26.7. The van der Waals surface area contributed by atoms with E-state index in [1.807, 2.05) is 82.3 Å². The number of piperazine rings is 1. The van der Waals surface area contributed by atoms with Crippen LogP contribution in [0.1, 0.15) is 173 Å². The van der Waals surface area contributed by atoms with Crippen LogP contribution in [0, 0.1) is 49.4 Å². The van der Waals surface area contributed by atoms with Gasteiger partial charge in [-0.25, -0.2) is 4.79 Å². The molecule has 724 valence electrons. The van der Waals surface area contributed by atoms with Crippen molar-refractivity contribution in [3.63, 3.8) is 0 Å². The molecule has 29 nitrogen and oxygen atoms in total. The summed E-state index contributed by atoms with van der Waals surface area (Å²) < 4.78 is 81.5. The molecule has 4 aromatic rings. The van der Waals surface area contributed by atoms with Gasteiger partial charge in [-0.2, -0.15) is 0 Å². The topological polar surface area (TPSA) is 335 Å². The number of ether oxygens (including phenoxy) is 14. The fourth-order valence-corrected chi connectivity index (χ4v) is 18.7. The molecule has 1 saturated carbocycles. The van der Waals surface area contributed by atoms with Gasteiger partial charge in [0.15, 0.2) is 5.78 Å². The Bertz CT molecular complexity index is 4430. The van der Waals surface area contributed by atoms with Gasteiger partial charge in [-0.3, -0.25) is 33.8 Å². The van der Waals surface area contributed by atoms with Gasteiger partial charge in [-0.1, -0.05) is 119 Å². The summed E-state index contributed by atoms with van der Waals surface area (Å²) >= 11 is 0. The average molecular weight is 1830 g/mol. The monoisotopic (exact) mass is 1830 g/mol. The molecular formula is C102H147N5O24. The maximum atomic E-state index is 14.8. The zero-order chi connectivity index (χ0) is 94.1. The van der Waals surface area contributed by atoms with E-state index in [9.17, 15) is 48.9 Å². The largest absolute Gasteiger partial charge is 0.460 e. The minimum atomic E-state index is -2.47. The Hall–Kier alpha value is -8.08. The Labute approximate surface area is 774 Å². The number of allylic oxidation sites excluding steroid dienone is 5. The number of rotatable bonds is 38. The van der Waals surface area contributed by atoms with E-state index in [1.165, 1.54) is 17.6 Å². The first-order valence-electron chi connectivity index (χ1n) is 47.5. The number of cyclic esters (lactones) is 1. The Balaban J connectivity index is 0.547. The second-order valence-corrected chi connectivity index (χ2v) is 36.4. The Morgan fingerprint density at radius 3 is 1.88 bits per heavy atom. The Morgan fingerprint density at radius 2 is 1.25 bits per heavy atom. The maximum Gasteiger partial charge on any atom is 0.329 e. The van der Waals surface area contributed by atoms with Crippen molar-refractivity contribution in [1.29, 1.82) is 0 Å². The second-order valence-electron chi connectivity index (χ2n) is 36.4. The van der Waals surface area contributed by atoms with E-state index >= 15 is 0 Å². The molecule has 5 aliphatic heterocycles. The number of aliphatic hydroxyl groups is 3. The highest BCUT2D eigenvalue weighted by Crippen LogP contribution is 2.46. The standard InChI is InChI=1S/C102H147N5O24/c1-67-24-28-77(29-25-67)78-30-33-82-81(63-78)94-85(66-103-82)104(10)99(114)93(94)79-31-34-83(70(4)61-79)105-38-40-106(41-39-105)91(109)36-43-122-45-47-124-49-51-126-53-55-128-57-56-127-54-52-125-50-48-123-46-44-121-42-19-23-92(110)129-87-35-27-76(62-90(87)119-12)60-72(6)89-65-86(108)71(5)59-74(8)96(112)97(120-13)95(111)73(7)58-68(2)20-15-14-16-21-69(3)88(118-11)64-80-32-26-75(9)102(117,131-80)98(113)100(115)107-37-18-17-22-84(107)101(116)130-89/h14-16,20-21,24-25,28-31,33-34,59,61,63,66,68,71-73,75-76,80,84,86-90,93,96-97,108,112,117H,17-19,22-23,26-27,32,35-58,60,62,64-65H2,1-13H3/b16-14+,20-15+,69-21+,74-59+/t68-,71-,72-,73-,75-,76+,80+,84+,86-,87-,88+,89+,90-,93?,96-,97+,102-/m1/s1. The summed E-state index contributed by atoms with van der Waals surface area (Å²) in [5, 5.41) is 36.9. The molecule has 10 rings (SSSR count). The maximum absolute atomic E-state index is 14.8. The summed E-state index contributed by atoms with van der Waals surface area (Å²) in [6, 6.07) is 20.0. The number of aromatic nitrogens is 1. The molecular weight excluding hydrogens is 1680 g/mol. The van der Waals surface area contributed by atoms with E-state index in [-0.39, 0.29) is 67.1 Å². The first kappa shape index (κ1) is 105. The summed E-state index contributed by atoms with van der Waals surface area (Å²) in [5.74, 6) is -8.57. The van der Waals surface area contributed by atoms with Crippen LogP contribution in [0.15, 0.2) is 114 Å². The molecule has 1 aliphatic carbocycles. The fraction of sp³-hybridized carbons (Fsp3) is 0.647. The summed E-state index contributed by atoms with van der Waals surface area (Å²) in [7, 11) is 6.38. The number of methoxy groups -OCH3 is 3. The van der Waals surface area contributed by atoms with Crippen LogP contribution in [0.5, 0.6) is 0 Å². The predicted octanol–water partition coefficient (Wildman–Crippen LogP) is 12.1. The number of ketones is 2. The number of benzene rings is 3. The number of amides is 3. The normalized spacial score (nSPS) is 28.3. The van der Waals surface area contributed by atoms with E-state index < -0.39 is 102 Å². The number of hydrogen-bond acceptors (Lipinski definition) is 26. The third-order valence-electron chi connectivity index (χ3n) is 26.7. The van der Waals surface area contributed by atoms with Crippen molar-refractivity contribution in [2.75, 3.05) is 177 Å². The number of carbonyl (C=O) groups excluding carboxylic acids is 7. The highest BCUT2D eigenvalue weighted by molar-refractivity contribution is 6.39. The van der Waals surface area contributed by atoms with Gasteiger partial charge in [0.25, 0.3) is 11.7 Å². The van der Waals surface area contributed by atoms with Crippen molar-refractivity contribution in [2.45, 2.75) is 225 Å². The lowest BCUT2D eigenvalue weighted by Crippen LogP contribution is -2.61. The number of anilines is 2. The van der Waals surface area contributed by atoms with Gasteiger partial charge < -0.3 is 101 Å². The van der Waals surface area contributed by atoms with E-state index in [0.717, 1.165) is 55.7 Å². The van der Waals surface area contributed by atoms with Crippen molar-refractivity contribution in [2.24, 2.45) is 35.5 Å². The quantitative estimate of drug-likeness (QED) is 0.0162. The lowest BCUT2D eigenvalue weighted by molar-refractivity contribution is -0.265. The lowest BCUT2D eigenvalue weighted by atomic mass is 9.78. The highest BCUT2D eigenvalue weighted by Gasteiger charge is 2.54. The van der Waals surface area contributed by atoms with Crippen LogP contribution in [0.25, 0.3) is 22.0 Å². The van der Waals surface area contributed by atoms with Crippen LogP contribution >= 0.6 is 0 Å². The smallest absolute Gasteiger partial charge is 0.329 e. The third kappa shape index (κ3) is 30.2. The molecule has 17 atom stereocenters. The van der Waals surface area contributed by atoms with Crippen LogP contribution < -0.4 is 9.80 Å². The van der Waals surface area contributed by atoms with Crippen LogP contribution in [0.3, 0.4) is 0 Å². The molecule has 3 amide bonds. The number of aliphatic hydroxyl groups excluding tert-OH is 2. The van der Waals surface area contributed by atoms with Gasteiger partial charge in [0.1, 0.15) is 30.5 Å². The van der Waals surface area contributed by atoms with E-state index in [4.69, 9.17) is 71.3 Å². The van der Waals surface area contributed by atoms with Gasteiger partial charge in [0.05, 0.1) is 153 Å². The Kier molecular flexibility index (Phi) is 42.7. The fourth-order valence-electron chi connectivity index (χ4n) is 18.7. The molecule has 6 aliphatic rings. The molecule has 0 radical (unpaired) electrons. The van der Waals surface area contributed by atoms with Crippen molar-refractivity contribution >= 4 is 63.5 Å². The number of hydrogen-bond donors (Lipinski definition) is 3. The molecule has 0 spiro atoms. The molecule has 6 heterocycles. The second kappa shape index (κ2) is 53.3. The molecule has 1 unspecified atom stereocenters. The molecule has 131 heavy (non-hydrogen) atoms. The first-order chi connectivity index (χ1) is 63.1. The van der Waals surface area contributed by atoms with Crippen LogP contribution in [-0.4, -0.2) is 299 Å². The van der Waals surface area contributed by atoms with Crippen molar-refractivity contribution in [3.8, 4) is 11.1 Å². The van der Waals surface area contributed by atoms with Gasteiger partial charge in [0, 0.05) is 121 Å². The lowest BCUT2D eigenvalue weighted by Gasteiger charge is -2.43. The number of carbonyl (C=O) groups is 7. The SMILES string of the molecule is CO[C@H]1C[C@@H]2CC[C@@H](C)[C@@](O)(O2)C(=O)C(=O)N2CCCC[C@H]2C(=O)O[C@H]([C@H](C)C[C@@H]2CC[C@@H](OC(=O)CCCOCCOCCOCCOCCOCCOCCOCCOCCC(=O)N3CCN(c4ccc(C5C(=O)N(C)c6cnc7ccc(-c8ccc(C)cc8)cc7c65)cc4C)CC3)[C@H](OC)C2)C[C@@H](O)[C@H](C)/C=C(\C)[C@@H](O)[C@@H](OC)C(=O)[C@H](C)C[C@H](C)/C=C/C=C/C=C/1C. The Morgan fingerprint density at radius 1 is 0.618 bits per heavy atom. The van der Waals surface area contributed by atoms with Crippen molar-refractivity contribution < 1.29 is 115 Å². The molecule has 4 fully saturated rings. The molecule has 3 N–H and O–H groups in total. The average Bonchev–Trinajstić information content (AvgIpc) is 1.59. The first-order valence-corrected chi connectivity index (χ1v) is 47.5. The van der Waals surface area contributed by atoms with E-state index in [1.54, 1.807) is 46.0 Å². The van der Waals surface area contributed by atoms with Gasteiger partial charge >= 0.3 is 11.9 Å². The zero-order valence-corrected chi connectivity index (χ0v) is 79.7. The van der Waals surface area contributed by atoms with E-state index in [0.29, 0.717) is 215 Å². The summed E-state index contributed by atoms with van der Waals surface area (Å²) in [4.78, 5) is 110. The van der Waals surface area contributed by atoms with Crippen molar-refractivity contribution in [1.82, 2.24) is 14.8 Å². The zero-order valence-electron chi connectivity index (χ0n) is 79.7. The number of Topliss-reactive ketones (excluding diaryl/α,β-unsaturated/α-hetero) is 2.